The van der Waals surface area contributed by atoms with Crippen molar-refractivity contribution in [3.63, 3.8) is 0 Å². The first kappa shape index (κ1) is 10.1. The molecule has 0 fully saturated rings. The standard InChI is InChI=1S/C14H13N3S/c15-14-16-7-13-17(14)12(8-18-13)11-5-4-9-2-1-3-10(9)6-11/h4-8H,1-3H2,(H2,15,16). The van der Waals surface area contributed by atoms with Gasteiger partial charge in [-0.1, -0.05) is 12.1 Å². The molecule has 2 N–H and O–H groups in total. The van der Waals surface area contributed by atoms with E-state index >= 15 is 0 Å². The maximum atomic E-state index is 5.93. The zero-order valence-corrected chi connectivity index (χ0v) is 10.7. The van der Waals surface area contributed by atoms with Crippen LogP contribution in [0, 0.1) is 0 Å². The second kappa shape index (κ2) is 3.59. The van der Waals surface area contributed by atoms with Crippen molar-refractivity contribution in [3.05, 3.63) is 40.9 Å². The molecule has 0 atom stereocenters. The highest BCUT2D eigenvalue weighted by Gasteiger charge is 2.14. The molecule has 3 nitrogen and oxygen atoms in total. The van der Waals surface area contributed by atoms with E-state index in [1.807, 2.05) is 10.6 Å². The number of benzene rings is 1. The summed E-state index contributed by atoms with van der Waals surface area (Å²) in [5, 5.41) is 2.16. The Bertz CT molecular complexity index is 739. The van der Waals surface area contributed by atoms with Crippen LogP contribution in [-0.2, 0) is 12.8 Å². The van der Waals surface area contributed by atoms with E-state index in [-0.39, 0.29) is 0 Å². The predicted molar refractivity (Wildman–Crippen MR) is 74.9 cm³/mol. The second-order valence-corrected chi connectivity index (χ2v) is 5.64. The van der Waals surface area contributed by atoms with Gasteiger partial charge in [0.25, 0.3) is 0 Å². The van der Waals surface area contributed by atoms with Gasteiger partial charge in [-0.2, -0.15) is 0 Å². The fourth-order valence-electron chi connectivity index (χ4n) is 2.77. The number of nitrogens with two attached hydrogens (primary N) is 1. The second-order valence-electron chi connectivity index (χ2n) is 4.75. The normalized spacial score (nSPS) is 14.2. The molecule has 1 aromatic carbocycles. The summed E-state index contributed by atoms with van der Waals surface area (Å²) < 4.78 is 2.03. The molecule has 2 heterocycles. The first-order chi connectivity index (χ1) is 8.83. The van der Waals surface area contributed by atoms with Gasteiger partial charge in [-0.3, -0.25) is 4.40 Å². The van der Waals surface area contributed by atoms with Crippen molar-refractivity contribution in [2.24, 2.45) is 0 Å². The molecule has 90 valence electrons. The molecule has 0 unspecified atom stereocenters. The third kappa shape index (κ3) is 1.32. The highest BCUT2D eigenvalue weighted by atomic mass is 32.1. The monoisotopic (exact) mass is 255 g/mol. The van der Waals surface area contributed by atoms with Gasteiger partial charge in [0.2, 0.25) is 5.95 Å². The Morgan fingerprint density at radius 1 is 1.22 bits per heavy atom. The molecule has 1 aliphatic carbocycles. The van der Waals surface area contributed by atoms with Crippen molar-refractivity contribution < 1.29 is 0 Å². The van der Waals surface area contributed by atoms with E-state index in [1.54, 1.807) is 11.3 Å². The quantitative estimate of drug-likeness (QED) is 0.726. The van der Waals surface area contributed by atoms with Gasteiger partial charge in [0.15, 0.2) is 0 Å². The van der Waals surface area contributed by atoms with E-state index in [2.05, 4.69) is 28.6 Å². The fourth-order valence-corrected chi connectivity index (χ4v) is 3.66. The van der Waals surface area contributed by atoms with Crippen molar-refractivity contribution in [3.8, 4) is 11.3 Å². The molecule has 4 heteroatoms. The molecule has 0 saturated heterocycles. The van der Waals surface area contributed by atoms with Crippen molar-refractivity contribution >= 4 is 22.1 Å². The third-order valence-electron chi connectivity index (χ3n) is 3.68. The number of hydrogen-bond acceptors (Lipinski definition) is 3. The van der Waals surface area contributed by atoms with Crippen LogP contribution < -0.4 is 5.73 Å². The van der Waals surface area contributed by atoms with Crippen molar-refractivity contribution in [1.29, 1.82) is 0 Å². The van der Waals surface area contributed by atoms with Crippen LogP contribution >= 0.6 is 11.3 Å². The van der Waals surface area contributed by atoms with Gasteiger partial charge in [0, 0.05) is 5.38 Å². The van der Waals surface area contributed by atoms with Gasteiger partial charge < -0.3 is 5.73 Å². The lowest BCUT2D eigenvalue weighted by Crippen LogP contribution is -1.95. The van der Waals surface area contributed by atoms with Crippen LogP contribution in [0.25, 0.3) is 16.1 Å². The van der Waals surface area contributed by atoms with Gasteiger partial charge in [0.1, 0.15) is 4.83 Å². The van der Waals surface area contributed by atoms with Gasteiger partial charge >= 0.3 is 0 Å². The molecule has 1 aliphatic rings. The minimum Gasteiger partial charge on any atom is -0.369 e. The number of aromatic nitrogens is 2. The average molecular weight is 255 g/mol. The lowest BCUT2D eigenvalue weighted by Gasteiger charge is -2.05. The molecule has 3 aromatic rings. The van der Waals surface area contributed by atoms with E-state index < -0.39 is 0 Å². The van der Waals surface area contributed by atoms with Crippen molar-refractivity contribution in [2.45, 2.75) is 19.3 Å². The number of fused-ring (bicyclic) bond motifs is 2. The van der Waals surface area contributed by atoms with Crippen LogP contribution in [0.5, 0.6) is 0 Å². The Morgan fingerprint density at radius 3 is 3.06 bits per heavy atom. The average Bonchev–Trinajstić information content (AvgIpc) is 3.06. The van der Waals surface area contributed by atoms with Crippen LogP contribution in [0.1, 0.15) is 17.5 Å². The van der Waals surface area contributed by atoms with Gasteiger partial charge in [0.05, 0.1) is 11.9 Å². The summed E-state index contributed by atoms with van der Waals surface area (Å²) in [5.41, 5.74) is 11.3. The fraction of sp³-hybridized carbons (Fsp3) is 0.214. The summed E-state index contributed by atoms with van der Waals surface area (Å²) in [7, 11) is 0. The van der Waals surface area contributed by atoms with Crippen LogP contribution in [0.4, 0.5) is 5.95 Å². The zero-order chi connectivity index (χ0) is 12.1. The van der Waals surface area contributed by atoms with E-state index in [9.17, 15) is 0 Å². The molecular weight excluding hydrogens is 242 g/mol. The SMILES string of the molecule is Nc1ncc2scc(-c3ccc4c(c3)CCC4)n12. The minimum atomic E-state index is 0.571. The number of imidazole rings is 1. The van der Waals surface area contributed by atoms with E-state index in [1.165, 1.54) is 36.0 Å². The number of nitrogens with zero attached hydrogens (tertiary/aromatic N) is 2. The topological polar surface area (TPSA) is 43.3 Å². The molecule has 2 aromatic heterocycles. The predicted octanol–water partition coefficient (Wildman–Crippen LogP) is 3.13. The molecule has 18 heavy (non-hydrogen) atoms. The number of hydrogen-bond donors (Lipinski definition) is 1. The van der Waals surface area contributed by atoms with Crippen LogP contribution in [0.3, 0.4) is 0 Å². The van der Waals surface area contributed by atoms with Crippen molar-refractivity contribution in [2.75, 3.05) is 5.73 Å². The van der Waals surface area contributed by atoms with Gasteiger partial charge in [-0.15, -0.1) is 11.3 Å². The summed E-state index contributed by atoms with van der Waals surface area (Å²) >= 11 is 1.68. The summed E-state index contributed by atoms with van der Waals surface area (Å²) in [6.07, 6.45) is 5.54. The Morgan fingerprint density at radius 2 is 2.11 bits per heavy atom. The molecule has 4 rings (SSSR count). The number of anilines is 1. The van der Waals surface area contributed by atoms with E-state index in [0.29, 0.717) is 5.95 Å². The molecule has 0 saturated carbocycles. The smallest absolute Gasteiger partial charge is 0.206 e. The Balaban J connectivity index is 1.94. The van der Waals surface area contributed by atoms with Gasteiger partial charge in [-0.25, -0.2) is 4.98 Å². The number of nitrogen functional groups attached to an aromatic ring is 1. The molecule has 0 amide bonds. The Hall–Kier alpha value is -1.81. The van der Waals surface area contributed by atoms with E-state index in [4.69, 9.17) is 5.73 Å². The Kier molecular flexibility index (Phi) is 2.02. The van der Waals surface area contributed by atoms with Gasteiger partial charge in [-0.05, 0) is 42.0 Å². The maximum absolute atomic E-state index is 5.93. The summed E-state index contributed by atoms with van der Waals surface area (Å²) in [5.74, 6) is 0.571. The van der Waals surface area contributed by atoms with Crippen LogP contribution in [-0.4, -0.2) is 9.38 Å². The highest BCUT2D eigenvalue weighted by Crippen LogP contribution is 2.32. The lowest BCUT2D eigenvalue weighted by molar-refractivity contribution is 0.912. The lowest BCUT2D eigenvalue weighted by atomic mass is 10.0. The molecule has 0 aliphatic heterocycles. The maximum Gasteiger partial charge on any atom is 0.206 e. The molecule has 0 bridgehead atoms. The molecular formula is C14H13N3S. The van der Waals surface area contributed by atoms with Crippen molar-refractivity contribution in [1.82, 2.24) is 9.38 Å². The van der Waals surface area contributed by atoms with Crippen LogP contribution in [0.2, 0.25) is 0 Å². The zero-order valence-electron chi connectivity index (χ0n) is 9.89. The number of aryl methyl sites for hydroxylation is 2. The molecule has 0 radical (unpaired) electrons. The number of rotatable bonds is 1. The third-order valence-corrected chi connectivity index (χ3v) is 4.55. The number of thiazole rings is 1. The Labute approximate surface area is 109 Å². The van der Waals surface area contributed by atoms with E-state index in [0.717, 1.165) is 10.5 Å². The van der Waals surface area contributed by atoms with Crippen LogP contribution in [0.15, 0.2) is 29.8 Å². The molecule has 0 spiro atoms. The first-order valence-corrected chi connectivity index (χ1v) is 7.03. The first-order valence-electron chi connectivity index (χ1n) is 6.15. The summed E-state index contributed by atoms with van der Waals surface area (Å²) in [6.45, 7) is 0. The largest absolute Gasteiger partial charge is 0.369 e. The highest BCUT2D eigenvalue weighted by molar-refractivity contribution is 7.16. The minimum absolute atomic E-state index is 0.571. The summed E-state index contributed by atoms with van der Waals surface area (Å²) in [6, 6.07) is 6.77. The summed E-state index contributed by atoms with van der Waals surface area (Å²) in [4.78, 5) is 5.27.